The summed E-state index contributed by atoms with van der Waals surface area (Å²) in [6.07, 6.45) is 7.58. The number of fused-ring (bicyclic) bond motifs is 2. The first-order chi connectivity index (χ1) is 21.7. The lowest BCUT2D eigenvalue weighted by atomic mass is 9.74. The molecular formula is C36H49N3O7. The van der Waals surface area contributed by atoms with Crippen LogP contribution in [0.3, 0.4) is 0 Å². The molecule has 0 unspecified atom stereocenters. The number of nitrogens with zero attached hydrogens (tertiary/aromatic N) is 2. The maximum Gasteiger partial charge on any atom is 0.313 e. The number of hydrogen-bond donors (Lipinski definition) is 2. The lowest BCUT2D eigenvalue weighted by molar-refractivity contribution is -0.161. The van der Waals surface area contributed by atoms with Gasteiger partial charge in [-0.3, -0.25) is 19.2 Å². The molecule has 0 radical (unpaired) electrons. The number of amides is 3. The standard InChI is InChI=1S/C36H49N3O7/c1-7-24(21-40)39-30-32(43)38(35(5,6)22-34(2,3)4)19-13-9-12-16-27(41)37-20-26(23-14-10-8-11-15-23)45-33(44)28-25-17-18-36(30,46-25)29(28)31(39)42/h8-11,13-15,17-18,24-26,28-30,40H,7,12,16,19-22H2,1-6H3,(H,37,41)/b13-9-/t24-,25+,26+,28-,29-,30+,36-/m0/s1. The molecule has 4 aliphatic heterocycles. The van der Waals surface area contributed by atoms with Crippen LogP contribution in [0.4, 0.5) is 0 Å². The minimum absolute atomic E-state index is 0.0700. The Hall–Kier alpha value is -3.50. The second kappa shape index (κ2) is 13.0. The number of ether oxygens (including phenoxy) is 2. The monoisotopic (exact) mass is 635 g/mol. The van der Waals surface area contributed by atoms with Gasteiger partial charge in [0, 0.05) is 18.5 Å². The van der Waals surface area contributed by atoms with Crippen molar-refractivity contribution in [1.29, 1.82) is 0 Å². The molecule has 1 aromatic carbocycles. The second-order valence-electron chi connectivity index (χ2n) is 14.8. The largest absolute Gasteiger partial charge is 0.455 e. The van der Waals surface area contributed by atoms with Crippen LogP contribution in [0.2, 0.25) is 0 Å². The molecule has 1 aromatic rings. The molecule has 0 saturated carbocycles. The Labute approximate surface area is 272 Å². The Morgan fingerprint density at radius 1 is 1.04 bits per heavy atom. The fourth-order valence-corrected chi connectivity index (χ4v) is 8.06. The lowest BCUT2D eigenvalue weighted by Crippen LogP contribution is -2.62. The third-order valence-electron chi connectivity index (χ3n) is 9.76. The predicted molar refractivity (Wildman–Crippen MR) is 172 cm³/mol. The first-order valence-corrected chi connectivity index (χ1v) is 16.5. The second-order valence-corrected chi connectivity index (χ2v) is 14.8. The van der Waals surface area contributed by atoms with Gasteiger partial charge >= 0.3 is 5.97 Å². The van der Waals surface area contributed by atoms with Crippen molar-refractivity contribution in [1.82, 2.24) is 15.1 Å². The number of hydrogen-bond acceptors (Lipinski definition) is 7. The lowest BCUT2D eigenvalue weighted by Gasteiger charge is -2.46. The highest BCUT2D eigenvalue weighted by Crippen LogP contribution is 2.56. The maximum absolute atomic E-state index is 15.0. The van der Waals surface area contributed by atoms with E-state index in [0.717, 1.165) is 0 Å². The topological polar surface area (TPSA) is 125 Å². The number of carbonyl (C=O) groups is 4. The van der Waals surface area contributed by atoms with Gasteiger partial charge in [-0.1, -0.05) is 82.3 Å². The highest BCUT2D eigenvalue weighted by atomic mass is 16.6. The summed E-state index contributed by atoms with van der Waals surface area (Å²) >= 11 is 0. The number of nitrogens with one attached hydrogen (secondary N) is 1. The van der Waals surface area contributed by atoms with Crippen LogP contribution in [0.1, 0.15) is 78.9 Å². The molecule has 5 rings (SSSR count). The van der Waals surface area contributed by atoms with Crippen LogP contribution in [0, 0.1) is 17.3 Å². The van der Waals surface area contributed by atoms with Gasteiger partial charge in [-0.15, -0.1) is 0 Å². The van der Waals surface area contributed by atoms with Gasteiger partial charge in [-0.2, -0.15) is 0 Å². The quantitative estimate of drug-likeness (QED) is 0.361. The summed E-state index contributed by atoms with van der Waals surface area (Å²) in [4.78, 5) is 59.7. The molecule has 7 atom stereocenters. The average Bonchev–Trinajstić information content (AvgIpc) is 3.63. The molecule has 0 aliphatic carbocycles. The van der Waals surface area contributed by atoms with E-state index in [0.29, 0.717) is 24.8 Å². The Kier molecular flexibility index (Phi) is 9.53. The molecule has 250 valence electrons. The fraction of sp³-hybridized carbons (Fsp3) is 0.611. The van der Waals surface area contributed by atoms with Gasteiger partial charge in [0.05, 0.1) is 31.2 Å². The van der Waals surface area contributed by atoms with Crippen molar-refractivity contribution in [2.45, 2.75) is 103 Å². The zero-order chi connectivity index (χ0) is 33.4. The van der Waals surface area contributed by atoms with Crippen molar-refractivity contribution < 1.29 is 33.8 Å². The number of cyclic esters (lactones) is 1. The number of aliphatic hydroxyl groups excluding tert-OH is 1. The van der Waals surface area contributed by atoms with E-state index in [1.807, 2.05) is 63.3 Å². The zero-order valence-electron chi connectivity index (χ0n) is 27.9. The zero-order valence-corrected chi connectivity index (χ0v) is 27.9. The van der Waals surface area contributed by atoms with Crippen LogP contribution in [-0.4, -0.2) is 87.6 Å². The van der Waals surface area contributed by atoms with Gasteiger partial charge < -0.3 is 29.7 Å². The van der Waals surface area contributed by atoms with Crippen molar-refractivity contribution in [3.05, 3.63) is 60.2 Å². The Balaban J connectivity index is 1.62. The maximum atomic E-state index is 15.0. The van der Waals surface area contributed by atoms with Gasteiger partial charge in [-0.25, -0.2) is 0 Å². The van der Waals surface area contributed by atoms with Gasteiger partial charge in [0.25, 0.3) is 0 Å². The van der Waals surface area contributed by atoms with E-state index in [4.69, 9.17) is 9.47 Å². The Morgan fingerprint density at radius 3 is 2.41 bits per heavy atom. The number of likely N-dealkylation sites (tertiary alicyclic amines) is 1. The van der Waals surface area contributed by atoms with Crippen molar-refractivity contribution in [2.75, 3.05) is 19.7 Å². The number of benzene rings is 1. The van der Waals surface area contributed by atoms with Crippen molar-refractivity contribution >= 4 is 23.7 Å². The van der Waals surface area contributed by atoms with E-state index in [-0.39, 0.29) is 43.3 Å². The van der Waals surface area contributed by atoms with Crippen molar-refractivity contribution in [2.24, 2.45) is 17.3 Å². The van der Waals surface area contributed by atoms with Gasteiger partial charge in [0.2, 0.25) is 17.7 Å². The molecule has 10 heteroatoms. The molecule has 2 N–H and O–H groups in total. The molecule has 4 aliphatic rings. The molecule has 4 heterocycles. The Morgan fingerprint density at radius 2 is 1.76 bits per heavy atom. The predicted octanol–water partition coefficient (Wildman–Crippen LogP) is 3.70. The molecule has 5 bridgehead atoms. The first kappa shape index (κ1) is 33.9. The van der Waals surface area contributed by atoms with Crippen LogP contribution in [0.25, 0.3) is 0 Å². The SMILES string of the molecule is CC[C@@H](CO)N1C(=O)[C@@H]2[C@H]3C(=O)O[C@@H](c4ccccc4)CNC(=O)CC/C=C\CN(C(C)(C)CC(C)(C)C)C(=O)[C@@H]1[C@]21C=C[C@H]3O1. The number of allylic oxidation sites excluding steroid dienone is 1. The summed E-state index contributed by atoms with van der Waals surface area (Å²) in [5.41, 5.74) is -1.44. The minimum atomic E-state index is -1.39. The highest BCUT2D eigenvalue weighted by molar-refractivity contribution is 5.99. The van der Waals surface area contributed by atoms with Gasteiger partial charge in [0.1, 0.15) is 23.7 Å². The number of esters is 1. The van der Waals surface area contributed by atoms with E-state index >= 15 is 4.79 Å². The van der Waals surface area contributed by atoms with Crippen LogP contribution >= 0.6 is 0 Å². The van der Waals surface area contributed by atoms with E-state index < -0.39 is 59.1 Å². The number of rotatable bonds is 6. The Bertz CT molecular complexity index is 1380. The molecule has 3 amide bonds. The first-order valence-electron chi connectivity index (χ1n) is 16.5. The molecule has 0 aromatic heterocycles. The van der Waals surface area contributed by atoms with Crippen molar-refractivity contribution in [3.8, 4) is 0 Å². The number of carbonyl (C=O) groups excluding carboxylic acids is 4. The fourth-order valence-electron chi connectivity index (χ4n) is 8.06. The minimum Gasteiger partial charge on any atom is -0.455 e. The smallest absolute Gasteiger partial charge is 0.313 e. The van der Waals surface area contributed by atoms with Gasteiger partial charge in [0.15, 0.2) is 0 Å². The van der Waals surface area contributed by atoms with E-state index in [1.165, 1.54) is 4.90 Å². The third-order valence-corrected chi connectivity index (χ3v) is 9.76. The molecule has 1 spiro atoms. The summed E-state index contributed by atoms with van der Waals surface area (Å²) in [6.45, 7) is 12.3. The normalized spacial score (nSPS) is 31.9. The van der Waals surface area contributed by atoms with Gasteiger partial charge in [-0.05, 0) is 44.1 Å². The summed E-state index contributed by atoms with van der Waals surface area (Å²) in [5, 5.41) is 13.4. The van der Waals surface area contributed by atoms with Crippen LogP contribution in [-0.2, 0) is 28.7 Å². The van der Waals surface area contributed by atoms with Crippen LogP contribution in [0.15, 0.2) is 54.6 Å². The van der Waals surface area contributed by atoms with E-state index in [2.05, 4.69) is 26.1 Å². The third kappa shape index (κ3) is 6.26. The summed E-state index contributed by atoms with van der Waals surface area (Å²) < 4.78 is 12.7. The molecule has 2 fully saturated rings. The van der Waals surface area contributed by atoms with Crippen LogP contribution in [0.5, 0.6) is 0 Å². The molecular weight excluding hydrogens is 586 g/mol. The molecule has 10 nitrogen and oxygen atoms in total. The van der Waals surface area contributed by atoms with E-state index in [1.54, 1.807) is 17.1 Å². The highest BCUT2D eigenvalue weighted by Gasteiger charge is 2.74. The van der Waals surface area contributed by atoms with Crippen LogP contribution < -0.4 is 5.32 Å². The summed E-state index contributed by atoms with van der Waals surface area (Å²) in [5.74, 6) is -3.51. The summed E-state index contributed by atoms with van der Waals surface area (Å²) in [7, 11) is 0. The molecule has 2 saturated heterocycles. The number of aliphatic hydroxyl groups is 1. The van der Waals surface area contributed by atoms with Crippen molar-refractivity contribution in [3.63, 3.8) is 0 Å². The molecule has 46 heavy (non-hydrogen) atoms. The average molecular weight is 636 g/mol. The van der Waals surface area contributed by atoms with E-state index in [9.17, 15) is 19.5 Å². The summed E-state index contributed by atoms with van der Waals surface area (Å²) in [6, 6.07) is 7.44.